The summed E-state index contributed by atoms with van der Waals surface area (Å²) in [5.41, 5.74) is 0. The lowest BCUT2D eigenvalue weighted by Gasteiger charge is -2.18. The topological polar surface area (TPSA) is 61.8 Å². The van der Waals surface area contributed by atoms with Crippen LogP contribution >= 0.6 is 21.6 Å². The molecule has 0 aromatic carbocycles. The molecule has 1 fully saturated rings. The van der Waals surface area contributed by atoms with Crippen LogP contribution in [-0.4, -0.2) is 48.9 Å². The maximum absolute atomic E-state index is 12.7. The number of esters is 2. The van der Waals surface area contributed by atoms with Crippen LogP contribution in [0, 0.1) is 0 Å². The molecule has 0 radical (unpaired) electrons. The summed E-state index contributed by atoms with van der Waals surface area (Å²) in [6.45, 7) is 5.38. The van der Waals surface area contributed by atoms with E-state index in [9.17, 15) is 9.59 Å². The molecule has 7 heteroatoms. The van der Waals surface area contributed by atoms with Gasteiger partial charge in [0.05, 0.1) is 6.61 Å². The van der Waals surface area contributed by atoms with E-state index < -0.39 is 6.10 Å². The maximum atomic E-state index is 12.7. The summed E-state index contributed by atoms with van der Waals surface area (Å²) in [6, 6.07) is 0. The van der Waals surface area contributed by atoms with Gasteiger partial charge in [0.1, 0.15) is 6.61 Å². The Kier molecular flexibility index (Phi) is 39.6. The number of ether oxygens (including phenoxy) is 3. The smallest absolute Gasteiger partial charge is 0.306 e. The van der Waals surface area contributed by atoms with Crippen LogP contribution in [0.1, 0.15) is 187 Å². The number of unbranched alkanes of at least 4 members (excludes halogenated alkanes) is 14. The maximum Gasteiger partial charge on any atom is 0.306 e. The zero-order valence-corrected chi connectivity index (χ0v) is 37.5. The predicted octanol–water partition coefficient (Wildman–Crippen LogP) is 15.1. The van der Waals surface area contributed by atoms with E-state index in [1.807, 2.05) is 27.7 Å². The van der Waals surface area contributed by atoms with Gasteiger partial charge in [0.15, 0.2) is 6.10 Å². The molecule has 0 aromatic heterocycles. The van der Waals surface area contributed by atoms with Crippen molar-refractivity contribution >= 4 is 33.5 Å². The van der Waals surface area contributed by atoms with Crippen molar-refractivity contribution < 1.29 is 23.8 Å². The van der Waals surface area contributed by atoms with Crippen LogP contribution in [0.5, 0.6) is 0 Å². The lowest BCUT2D eigenvalue weighted by Crippen LogP contribution is -2.30. The fraction of sp³-hybridized carbons (Fsp3) is 0.714. The number of allylic oxidation sites excluding steroid dienone is 12. The summed E-state index contributed by atoms with van der Waals surface area (Å²) < 4.78 is 17.2. The molecule has 1 heterocycles. The van der Waals surface area contributed by atoms with E-state index >= 15 is 0 Å². The number of rotatable bonds is 39. The SMILES string of the molecule is CCC=CCC=CCC=CCC=CCC=CCC=CCCC(=O)OC(COCCCCCCCCCCCCCCCC)COC(=O)CCCCC1CCSS1. The fourth-order valence-corrected chi connectivity index (χ4v) is 9.31. The van der Waals surface area contributed by atoms with Gasteiger partial charge >= 0.3 is 11.9 Å². The van der Waals surface area contributed by atoms with Crippen LogP contribution < -0.4 is 0 Å². The molecule has 1 aliphatic heterocycles. The number of carbonyl (C=O) groups is 2. The molecule has 0 spiro atoms. The minimum absolute atomic E-state index is 0.0539. The van der Waals surface area contributed by atoms with E-state index in [-0.39, 0.29) is 25.2 Å². The molecule has 0 aliphatic carbocycles. The Labute approximate surface area is 352 Å². The second-order valence-electron chi connectivity index (χ2n) is 15.0. The van der Waals surface area contributed by atoms with Gasteiger partial charge in [-0.05, 0) is 70.6 Å². The predicted molar refractivity (Wildman–Crippen MR) is 246 cm³/mol. The largest absolute Gasteiger partial charge is 0.462 e. The molecule has 1 rings (SSSR count). The Bertz CT molecular complexity index is 1070. The highest BCUT2D eigenvalue weighted by Crippen LogP contribution is 2.39. The Balaban J connectivity index is 2.25. The third-order valence-electron chi connectivity index (χ3n) is 9.67. The molecular formula is C49H82O5S2. The van der Waals surface area contributed by atoms with E-state index in [2.05, 4.69) is 80.7 Å². The molecular weight excluding hydrogens is 733 g/mol. The number of hydrogen-bond acceptors (Lipinski definition) is 7. The van der Waals surface area contributed by atoms with Crippen LogP contribution in [0.2, 0.25) is 0 Å². The van der Waals surface area contributed by atoms with Gasteiger partial charge in [-0.2, -0.15) is 0 Å². The third-order valence-corrected chi connectivity index (χ3v) is 12.7. The Morgan fingerprint density at radius 3 is 1.61 bits per heavy atom. The van der Waals surface area contributed by atoms with E-state index in [4.69, 9.17) is 14.2 Å². The summed E-state index contributed by atoms with van der Waals surface area (Å²) in [5, 5.41) is 0.726. The van der Waals surface area contributed by atoms with E-state index in [0.29, 0.717) is 25.9 Å². The Morgan fingerprint density at radius 1 is 0.571 bits per heavy atom. The van der Waals surface area contributed by atoms with Gasteiger partial charge in [-0.15, -0.1) is 0 Å². The standard InChI is InChI=1S/C49H82O5S2/c1-3-5-7-9-11-13-15-17-19-20-21-22-23-24-26-28-30-32-34-40-49(51)54-46(45-53-48(50)39-36-35-38-47-41-43-55-56-47)44-52-42-37-33-31-29-27-25-18-16-14-12-10-8-6-4-2/h5,7,11,13,17,19,21-22,24,26,30,32,46-47H,3-4,6,8-10,12,14-16,18,20,23,25,27-29,31,33-45H2,1-2H3. The molecule has 2 atom stereocenters. The molecule has 0 aromatic rings. The molecule has 320 valence electrons. The summed E-state index contributed by atoms with van der Waals surface area (Å²) in [5.74, 6) is 0.738. The van der Waals surface area contributed by atoms with Crippen molar-refractivity contribution in [1.29, 1.82) is 0 Å². The molecule has 0 saturated carbocycles. The minimum Gasteiger partial charge on any atom is -0.462 e. The number of hydrogen-bond donors (Lipinski definition) is 0. The van der Waals surface area contributed by atoms with Gasteiger partial charge < -0.3 is 14.2 Å². The zero-order valence-electron chi connectivity index (χ0n) is 35.9. The van der Waals surface area contributed by atoms with Gasteiger partial charge in [0.25, 0.3) is 0 Å². The first kappa shape index (κ1) is 52.1. The molecule has 5 nitrogen and oxygen atoms in total. The van der Waals surface area contributed by atoms with Crippen molar-refractivity contribution in [1.82, 2.24) is 0 Å². The monoisotopic (exact) mass is 815 g/mol. The van der Waals surface area contributed by atoms with E-state index in [0.717, 1.165) is 75.9 Å². The van der Waals surface area contributed by atoms with Crippen LogP contribution in [-0.2, 0) is 23.8 Å². The highest BCUT2D eigenvalue weighted by atomic mass is 33.1. The first-order valence-electron chi connectivity index (χ1n) is 22.8. The molecule has 0 bridgehead atoms. The lowest BCUT2D eigenvalue weighted by atomic mass is 10.0. The van der Waals surface area contributed by atoms with Gasteiger partial charge in [0, 0.05) is 30.5 Å². The molecule has 2 unspecified atom stereocenters. The van der Waals surface area contributed by atoms with Crippen LogP contribution in [0.3, 0.4) is 0 Å². The van der Waals surface area contributed by atoms with Crippen LogP contribution in [0.25, 0.3) is 0 Å². The third kappa shape index (κ3) is 37.6. The van der Waals surface area contributed by atoms with E-state index in [1.165, 1.54) is 89.2 Å². The summed E-state index contributed by atoms with van der Waals surface area (Å²) >= 11 is 0. The van der Waals surface area contributed by atoms with Gasteiger partial charge in [-0.1, -0.05) is 198 Å². The highest BCUT2D eigenvalue weighted by Gasteiger charge is 2.18. The average Bonchev–Trinajstić information content (AvgIpc) is 3.73. The molecule has 56 heavy (non-hydrogen) atoms. The molecule has 1 aliphatic rings. The Hall–Kier alpha value is -1.96. The van der Waals surface area contributed by atoms with Crippen molar-refractivity contribution in [2.24, 2.45) is 0 Å². The van der Waals surface area contributed by atoms with Gasteiger partial charge in [0.2, 0.25) is 0 Å². The van der Waals surface area contributed by atoms with Crippen molar-refractivity contribution in [2.45, 2.75) is 199 Å². The number of carbonyl (C=O) groups excluding carboxylic acids is 2. The molecule has 0 N–H and O–H groups in total. The fourth-order valence-electron chi connectivity index (χ4n) is 6.28. The zero-order chi connectivity index (χ0) is 40.3. The minimum atomic E-state index is -0.574. The van der Waals surface area contributed by atoms with Crippen molar-refractivity contribution in [3.63, 3.8) is 0 Å². The van der Waals surface area contributed by atoms with Crippen molar-refractivity contribution in [2.75, 3.05) is 25.6 Å². The average molecular weight is 815 g/mol. The lowest BCUT2D eigenvalue weighted by molar-refractivity contribution is -0.162. The first-order valence-corrected chi connectivity index (χ1v) is 25.1. The van der Waals surface area contributed by atoms with Gasteiger partial charge in [-0.25, -0.2) is 0 Å². The summed E-state index contributed by atoms with van der Waals surface area (Å²) in [6.07, 6.45) is 55.5. The van der Waals surface area contributed by atoms with Crippen LogP contribution in [0.4, 0.5) is 0 Å². The normalized spacial score (nSPS) is 15.6. The van der Waals surface area contributed by atoms with Crippen molar-refractivity contribution in [3.8, 4) is 0 Å². The quantitative estimate of drug-likeness (QED) is 0.0265. The molecule has 0 amide bonds. The highest BCUT2D eigenvalue weighted by molar-refractivity contribution is 8.77. The second kappa shape index (κ2) is 42.6. The van der Waals surface area contributed by atoms with Crippen LogP contribution in [0.15, 0.2) is 72.9 Å². The summed E-state index contributed by atoms with van der Waals surface area (Å²) in [4.78, 5) is 25.2. The molecule has 1 saturated heterocycles. The second-order valence-corrected chi connectivity index (χ2v) is 17.8. The first-order chi connectivity index (χ1) is 27.7. The van der Waals surface area contributed by atoms with Gasteiger partial charge in [-0.3, -0.25) is 9.59 Å². The summed E-state index contributed by atoms with van der Waals surface area (Å²) in [7, 11) is 3.94. The van der Waals surface area contributed by atoms with E-state index in [1.54, 1.807) is 0 Å². The van der Waals surface area contributed by atoms with Crippen molar-refractivity contribution in [3.05, 3.63) is 72.9 Å². The Morgan fingerprint density at radius 2 is 1.09 bits per heavy atom.